The van der Waals surface area contributed by atoms with E-state index in [1.807, 2.05) is 0 Å². The van der Waals surface area contributed by atoms with E-state index in [1.165, 1.54) is 38.2 Å². The molecule has 0 aliphatic carbocycles. The predicted molar refractivity (Wildman–Crippen MR) is 120 cm³/mol. The first kappa shape index (κ1) is 16.4. The van der Waals surface area contributed by atoms with Crippen LogP contribution in [0.2, 0.25) is 0 Å². The van der Waals surface area contributed by atoms with Crippen molar-refractivity contribution in [3.05, 3.63) is 126 Å². The minimum absolute atomic E-state index is 0.0391. The van der Waals surface area contributed by atoms with Crippen LogP contribution >= 0.6 is 0 Å². The maximum absolute atomic E-state index is 6.78. The lowest BCUT2D eigenvalue weighted by Crippen LogP contribution is -2.11. The van der Waals surface area contributed by atoms with E-state index in [1.54, 1.807) is 0 Å². The summed E-state index contributed by atoms with van der Waals surface area (Å²) < 4.78 is 6.78. The lowest BCUT2D eigenvalue weighted by Gasteiger charge is -2.20. The Kier molecular flexibility index (Phi) is 3.67. The Hall–Kier alpha value is -3.58. The maximum atomic E-state index is 6.78. The van der Waals surface area contributed by atoms with Crippen molar-refractivity contribution in [2.75, 3.05) is 0 Å². The topological polar surface area (TPSA) is 9.23 Å². The third-order valence-electron chi connectivity index (χ3n) is 6.07. The van der Waals surface area contributed by atoms with Crippen LogP contribution in [0.4, 0.5) is 0 Å². The average molecular weight is 372 g/mol. The van der Waals surface area contributed by atoms with Gasteiger partial charge >= 0.3 is 0 Å². The van der Waals surface area contributed by atoms with Crippen LogP contribution in [0.1, 0.15) is 28.7 Å². The van der Waals surface area contributed by atoms with Gasteiger partial charge in [0.2, 0.25) is 0 Å². The van der Waals surface area contributed by atoms with Crippen LogP contribution in [-0.2, 0) is 0 Å². The fourth-order valence-corrected chi connectivity index (χ4v) is 4.82. The second kappa shape index (κ2) is 6.49. The molecule has 6 rings (SSSR count). The molecule has 0 saturated heterocycles. The summed E-state index contributed by atoms with van der Waals surface area (Å²) in [6.45, 7) is 0. The zero-order chi connectivity index (χ0) is 19.2. The maximum Gasteiger partial charge on any atom is 0.135 e. The molecule has 0 unspecified atom stereocenters. The van der Waals surface area contributed by atoms with E-state index < -0.39 is 0 Å². The Morgan fingerprint density at radius 3 is 1.59 bits per heavy atom. The molecule has 1 nitrogen and oxygen atoms in total. The van der Waals surface area contributed by atoms with Crippen molar-refractivity contribution < 1.29 is 4.74 Å². The van der Waals surface area contributed by atoms with Gasteiger partial charge in [0, 0.05) is 10.9 Å². The van der Waals surface area contributed by atoms with Crippen molar-refractivity contribution in [2.24, 2.45) is 0 Å². The molecule has 5 aromatic carbocycles. The molecular weight excluding hydrogens is 352 g/mol. The third-order valence-corrected chi connectivity index (χ3v) is 6.07. The standard InChI is InChI=1S/C28H20O/c1-3-11-19(12-4-1)25-26-23-17-9-7-15-21(23)22-16-8-10-18-24(22)28(26)29-27(25)20-13-5-2-6-14-20/h1-18,25,27H/t25-,27+/m0/s1. The van der Waals surface area contributed by atoms with Crippen molar-refractivity contribution in [1.82, 2.24) is 0 Å². The molecule has 29 heavy (non-hydrogen) atoms. The Morgan fingerprint density at radius 1 is 0.448 bits per heavy atom. The van der Waals surface area contributed by atoms with E-state index in [0.717, 1.165) is 5.75 Å². The average Bonchev–Trinajstić information content (AvgIpc) is 3.22. The van der Waals surface area contributed by atoms with Crippen LogP contribution in [0.15, 0.2) is 109 Å². The van der Waals surface area contributed by atoms with Crippen LogP contribution < -0.4 is 4.74 Å². The Bertz CT molecular complexity index is 1320. The first-order valence-electron chi connectivity index (χ1n) is 10.1. The molecule has 0 amide bonds. The predicted octanol–water partition coefficient (Wildman–Crippen LogP) is 7.26. The van der Waals surface area contributed by atoms with E-state index in [4.69, 9.17) is 4.74 Å². The molecule has 0 N–H and O–H groups in total. The number of rotatable bonds is 2. The summed E-state index contributed by atoms with van der Waals surface area (Å²) >= 11 is 0. The summed E-state index contributed by atoms with van der Waals surface area (Å²) in [5.74, 6) is 1.19. The molecule has 2 atom stereocenters. The summed E-state index contributed by atoms with van der Waals surface area (Å²) in [7, 11) is 0. The number of hydrogen-bond acceptors (Lipinski definition) is 1. The van der Waals surface area contributed by atoms with E-state index in [2.05, 4.69) is 109 Å². The van der Waals surface area contributed by atoms with Crippen LogP contribution in [0.25, 0.3) is 21.5 Å². The Morgan fingerprint density at radius 2 is 0.931 bits per heavy atom. The molecule has 0 bridgehead atoms. The zero-order valence-electron chi connectivity index (χ0n) is 16.0. The minimum atomic E-state index is -0.0391. The van der Waals surface area contributed by atoms with Gasteiger partial charge in [-0.05, 0) is 27.3 Å². The van der Waals surface area contributed by atoms with E-state index >= 15 is 0 Å². The second-order valence-corrected chi connectivity index (χ2v) is 7.67. The van der Waals surface area contributed by atoms with Gasteiger partial charge in [0.05, 0.1) is 5.92 Å². The van der Waals surface area contributed by atoms with Gasteiger partial charge in [-0.3, -0.25) is 0 Å². The normalized spacial score (nSPS) is 17.9. The minimum Gasteiger partial charge on any atom is -0.484 e. The van der Waals surface area contributed by atoms with Crippen molar-refractivity contribution >= 4 is 21.5 Å². The van der Waals surface area contributed by atoms with Gasteiger partial charge in [-0.15, -0.1) is 0 Å². The summed E-state index contributed by atoms with van der Waals surface area (Å²) in [5, 5.41) is 5.02. The monoisotopic (exact) mass is 372 g/mol. The van der Waals surface area contributed by atoms with Gasteiger partial charge in [0.15, 0.2) is 0 Å². The lowest BCUT2D eigenvalue weighted by molar-refractivity contribution is 0.224. The van der Waals surface area contributed by atoms with E-state index in [-0.39, 0.29) is 12.0 Å². The molecule has 0 fully saturated rings. The van der Waals surface area contributed by atoms with Crippen LogP contribution in [0, 0.1) is 0 Å². The van der Waals surface area contributed by atoms with Gasteiger partial charge < -0.3 is 4.74 Å². The van der Waals surface area contributed by atoms with Gasteiger partial charge in [0.25, 0.3) is 0 Å². The molecule has 1 heterocycles. The van der Waals surface area contributed by atoms with Gasteiger partial charge in [-0.1, -0.05) is 109 Å². The van der Waals surface area contributed by atoms with Crippen molar-refractivity contribution in [3.63, 3.8) is 0 Å². The first-order chi connectivity index (χ1) is 14.4. The molecule has 0 radical (unpaired) electrons. The first-order valence-corrected chi connectivity index (χ1v) is 10.1. The summed E-state index contributed by atoms with van der Waals surface area (Å²) in [4.78, 5) is 0. The quantitative estimate of drug-likeness (QED) is 0.296. The van der Waals surface area contributed by atoms with Gasteiger partial charge in [0.1, 0.15) is 11.9 Å². The van der Waals surface area contributed by atoms with Crippen molar-refractivity contribution in [3.8, 4) is 5.75 Å². The Balaban J connectivity index is 1.72. The van der Waals surface area contributed by atoms with Crippen LogP contribution in [0.5, 0.6) is 5.75 Å². The summed E-state index contributed by atoms with van der Waals surface area (Å²) in [5.41, 5.74) is 3.81. The fraction of sp³-hybridized carbons (Fsp3) is 0.0714. The summed E-state index contributed by atoms with van der Waals surface area (Å²) in [6.07, 6.45) is -0.0391. The zero-order valence-corrected chi connectivity index (χ0v) is 16.0. The SMILES string of the molecule is c1ccc([C@H]2c3c(c4ccccc4c4ccccc34)O[C@@H]2c2ccccc2)cc1. The molecule has 0 spiro atoms. The number of fused-ring (bicyclic) bond motifs is 6. The molecule has 1 aliphatic rings. The van der Waals surface area contributed by atoms with Gasteiger partial charge in [-0.2, -0.15) is 0 Å². The molecular formula is C28H20O. The van der Waals surface area contributed by atoms with Gasteiger partial charge in [-0.25, -0.2) is 0 Å². The Labute approximate surface area is 170 Å². The van der Waals surface area contributed by atoms with E-state index in [9.17, 15) is 0 Å². The molecule has 0 aromatic heterocycles. The molecule has 0 saturated carbocycles. The highest BCUT2D eigenvalue weighted by Gasteiger charge is 2.39. The summed E-state index contributed by atoms with van der Waals surface area (Å²) in [6, 6.07) is 38.7. The smallest absolute Gasteiger partial charge is 0.135 e. The number of ether oxygens (including phenoxy) is 1. The largest absolute Gasteiger partial charge is 0.484 e. The molecule has 1 aliphatic heterocycles. The lowest BCUT2D eigenvalue weighted by atomic mass is 9.82. The number of benzene rings is 5. The van der Waals surface area contributed by atoms with Crippen LogP contribution in [0.3, 0.4) is 0 Å². The second-order valence-electron chi connectivity index (χ2n) is 7.67. The third kappa shape index (κ3) is 2.48. The highest BCUT2D eigenvalue weighted by molar-refractivity contribution is 6.13. The highest BCUT2D eigenvalue weighted by Crippen LogP contribution is 2.55. The molecule has 138 valence electrons. The van der Waals surface area contributed by atoms with Crippen LogP contribution in [-0.4, -0.2) is 0 Å². The number of hydrogen-bond donors (Lipinski definition) is 0. The molecule has 5 aromatic rings. The highest BCUT2D eigenvalue weighted by atomic mass is 16.5. The van der Waals surface area contributed by atoms with Crippen molar-refractivity contribution in [2.45, 2.75) is 12.0 Å². The van der Waals surface area contributed by atoms with Crippen molar-refractivity contribution in [1.29, 1.82) is 0 Å². The van der Waals surface area contributed by atoms with E-state index in [0.29, 0.717) is 0 Å². The molecule has 1 heteroatoms. The fourth-order valence-electron chi connectivity index (χ4n) is 4.82.